The van der Waals surface area contributed by atoms with Gasteiger partial charge in [-0.1, -0.05) is 138 Å². The van der Waals surface area contributed by atoms with E-state index in [-0.39, 0.29) is 23.6 Å². The molecule has 0 aromatic heterocycles. The molecule has 10 saturated heterocycles. The van der Waals surface area contributed by atoms with Crippen LogP contribution >= 0.6 is 0 Å². The maximum absolute atomic E-state index is 11.0. The summed E-state index contributed by atoms with van der Waals surface area (Å²) in [6.07, 6.45) is 10.6. The van der Waals surface area contributed by atoms with Crippen LogP contribution in [0, 0.1) is 94.7 Å². The van der Waals surface area contributed by atoms with E-state index in [9.17, 15) is 19.2 Å². The Hall–Kier alpha value is -2.44. The maximum Gasteiger partial charge on any atom is 0.219 e. The highest BCUT2D eigenvalue weighted by Gasteiger charge is 2.32. The summed E-state index contributed by atoms with van der Waals surface area (Å²) >= 11 is 0. The molecule has 0 saturated carbocycles. The molecule has 608 valence electrons. The van der Waals surface area contributed by atoms with Crippen molar-refractivity contribution < 1.29 is 28.7 Å². The Morgan fingerprint density at radius 3 is 0.696 bits per heavy atom. The first-order valence-electron chi connectivity index (χ1n) is 42.2. The first kappa shape index (κ1) is 102. The lowest BCUT2D eigenvalue weighted by Gasteiger charge is -2.41. The minimum Gasteiger partial charge on any atom is -0.381 e. The molecule has 102 heavy (non-hydrogen) atoms. The molecule has 10 rings (SSSR count). The van der Waals surface area contributed by atoms with Crippen LogP contribution in [0.1, 0.15) is 245 Å². The topological polar surface area (TPSA) is 119 Å². The van der Waals surface area contributed by atoms with E-state index in [1.807, 2.05) is 47.3 Å². The van der Waals surface area contributed by atoms with Gasteiger partial charge in [-0.15, -0.1) is 0 Å². The van der Waals surface area contributed by atoms with Gasteiger partial charge in [0.25, 0.3) is 0 Å². The zero-order valence-electron chi connectivity index (χ0n) is 73.9. The molecule has 16 heteroatoms. The van der Waals surface area contributed by atoms with E-state index in [0.717, 1.165) is 193 Å². The number of ether oxygens (including phenoxy) is 2. The second-order valence-corrected chi connectivity index (χ2v) is 34.7. The summed E-state index contributed by atoms with van der Waals surface area (Å²) in [5, 5.41) is 0. The fourth-order valence-electron chi connectivity index (χ4n) is 13.7. The third-order valence-electron chi connectivity index (χ3n) is 23.5. The number of carbonyl (C=O) groups excluding carboxylic acids is 4. The number of carbonyl (C=O) groups is 4. The summed E-state index contributed by atoms with van der Waals surface area (Å²) in [5.74, 6) is 14.6. The van der Waals surface area contributed by atoms with E-state index in [1.54, 1.807) is 27.7 Å². The summed E-state index contributed by atoms with van der Waals surface area (Å²) < 4.78 is 10.2. The van der Waals surface area contributed by atoms with Crippen LogP contribution in [0.5, 0.6) is 0 Å². The molecule has 16 nitrogen and oxygen atoms in total. The molecule has 10 fully saturated rings. The molecule has 0 bridgehead atoms. The fraction of sp³-hybridized carbons (Fsp3) is 0.953. The first-order chi connectivity index (χ1) is 47.8. The Balaban J connectivity index is 0. The van der Waals surface area contributed by atoms with Gasteiger partial charge in [0.2, 0.25) is 23.6 Å². The van der Waals surface area contributed by atoms with Gasteiger partial charge in [0.15, 0.2) is 0 Å². The van der Waals surface area contributed by atoms with Gasteiger partial charge in [0.05, 0.1) is 13.2 Å². The molecular weight excluding hydrogens is 1270 g/mol. The molecule has 0 atom stereocenters. The zero-order valence-corrected chi connectivity index (χ0v) is 73.9. The molecule has 0 aliphatic carbocycles. The van der Waals surface area contributed by atoms with E-state index in [1.165, 1.54) is 117 Å². The highest BCUT2D eigenvalue weighted by atomic mass is 16.5. The summed E-state index contributed by atoms with van der Waals surface area (Å²) in [4.78, 5) is 65.6. The number of rotatable bonds is 10. The van der Waals surface area contributed by atoms with E-state index in [2.05, 4.69) is 196 Å². The van der Waals surface area contributed by atoms with Crippen LogP contribution in [-0.4, -0.2) is 270 Å². The normalized spacial score (nSPS) is 21.2. The van der Waals surface area contributed by atoms with E-state index in [4.69, 9.17) is 9.47 Å². The van der Waals surface area contributed by atoms with Crippen LogP contribution in [-0.2, 0) is 28.7 Å². The summed E-state index contributed by atoms with van der Waals surface area (Å²) in [6, 6.07) is 1.34. The quantitative estimate of drug-likeness (QED) is 0.207. The van der Waals surface area contributed by atoms with E-state index in [0.29, 0.717) is 6.04 Å². The largest absolute Gasteiger partial charge is 0.381 e. The number of hydrogen-bond donors (Lipinski definition) is 0. The van der Waals surface area contributed by atoms with Crippen LogP contribution in [0.25, 0.3) is 0 Å². The van der Waals surface area contributed by atoms with Crippen molar-refractivity contribution in [2.24, 2.45) is 94.7 Å². The molecule has 0 unspecified atom stereocenters. The Morgan fingerprint density at radius 2 is 0.490 bits per heavy atom. The monoisotopic (exact) mass is 1450 g/mol. The Morgan fingerprint density at radius 1 is 0.255 bits per heavy atom. The number of piperidine rings is 3. The summed E-state index contributed by atoms with van der Waals surface area (Å²) in [7, 11) is 8.81. The predicted molar refractivity (Wildman–Crippen MR) is 440 cm³/mol. The lowest BCUT2D eigenvalue weighted by Crippen LogP contribution is -2.50. The van der Waals surface area contributed by atoms with Crippen LogP contribution in [0.2, 0.25) is 0 Å². The van der Waals surface area contributed by atoms with Gasteiger partial charge in [-0.3, -0.25) is 29.0 Å². The third kappa shape index (κ3) is 45.4. The standard InChI is InChI=1S/C10H19NO.C9H18N2O.2C9H19N.C8H18N2.2C8H15NO.C8H16O.C7H15N.C6H12O.2C2H6/c2*1-8(2)10-4-6-11(7-5-10)9(3)12;2*1-8(2)9-4-6-10(3)7-5-9;1-8(2)10-6-4-9(3)5-7-10;2*1-6(2)8-4-9(5-8)7(3)10;1-7(2)8-3-5-9-6-4-8;1-6(2)7-4-8(3)5-7;1-5(2)6-3-7-4-6;2*1-2/h8,10H,4-7H2,1-3H3;8H,4-7H2,1-3H3;2*8-9H,4-7H2,1-3H3;8H,4-7H2,1-3H3;2*6,8H,4-5H2,1-3H3;7-8H,3-6H2,1-2H3;6-7H,4-5H2,1-3H3;5-6H,3-4H2,1-2H3;2*1-2H3. The number of hydrogen-bond acceptors (Lipinski definition) is 12. The number of piperazine rings is 2. The van der Waals surface area contributed by atoms with Crippen molar-refractivity contribution in [3.8, 4) is 0 Å². The average Bonchev–Trinajstić information content (AvgIpc) is 0.843. The summed E-state index contributed by atoms with van der Waals surface area (Å²) in [6.45, 7) is 86.5. The average molecular weight is 1450 g/mol. The highest BCUT2D eigenvalue weighted by molar-refractivity contribution is 5.75. The number of likely N-dealkylation sites (N-methyl/N-ethyl adjacent to an activating group) is 1. The van der Waals surface area contributed by atoms with Gasteiger partial charge in [0, 0.05) is 164 Å². The van der Waals surface area contributed by atoms with Crippen molar-refractivity contribution in [2.45, 2.75) is 257 Å². The van der Waals surface area contributed by atoms with Crippen molar-refractivity contribution in [3.05, 3.63) is 0 Å². The van der Waals surface area contributed by atoms with E-state index >= 15 is 0 Å². The molecule has 10 aliphatic rings. The van der Waals surface area contributed by atoms with E-state index < -0.39 is 0 Å². The van der Waals surface area contributed by atoms with Gasteiger partial charge < -0.3 is 48.7 Å². The van der Waals surface area contributed by atoms with Crippen molar-refractivity contribution in [1.29, 1.82) is 0 Å². The number of amides is 4. The minimum absolute atomic E-state index is 0.207. The molecule has 0 aromatic rings. The van der Waals surface area contributed by atoms with Crippen LogP contribution in [0.3, 0.4) is 0 Å². The molecule has 0 aromatic carbocycles. The number of likely N-dealkylation sites (tertiary alicyclic amines) is 6. The Kier molecular flexibility index (Phi) is 57.4. The van der Waals surface area contributed by atoms with Crippen molar-refractivity contribution in [2.75, 3.05) is 186 Å². The summed E-state index contributed by atoms with van der Waals surface area (Å²) in [5.41, 5.74) is 0. The molecule has 0 radical (unpaired) electrons. The smallest absolute Gasteiger partial charge is 0.219 e. The van der Waals surface area contributed by atoms with Gasteiger partial charge in [0.1, 0.15) is 0 Å². The maximum atomic E-state index is 11.0. The SMILES string of the molecule is CC.CC.CC(=O)N1CC(C(C)C)C1.CC(=O)N1CC(C(C)C)C1.CC(=O)N1CCC(C(C)C)CC1.CC(=O)N1CCN(C(C)C)CC1.CC(C)C1CCN(C)CC1.CC(C)C1CCN(C)CC1.CC(C)C1CCOCC1.CC(C)C1CN(C)C1.CC(C)C1COC1.CC(C)N1CCN(C)CC1. The van der Waals surface area contributed by atoms with Crippen molar-refractivity contribution in [3.63, 3.8) is 0 Å². The van der Waals surface area contributed by atoms with Gasteiger partial charge in [-0.25, -0.2) is 0 Å². The molecular formula is C86H178N10O6. The van der Waals surface area contributed by atoms with Crippen LogP contribution in [0.4, 0.5) is 0 Å². The lowest BCUT2D eigenvalue weighted by atomic mass is 9.87. The molecule has 10 aliphatic heterocycles. The number of nitrogens with zero attached hydrogens (tertiary/aromatic N) is 10. The molecule has 0 N–H and O–H groups in total. The lowest BCUT2D eigenvalue weighted by molar-refractivity contribution is -0.136. The molecule has 10 heterocycles. The van der Waals surface area contributed by atoms with Gasteiger partial charge >= 0.3 is 0 Å². The Bertz CT molecular complexity index is 1870. The fourth-order valence-corrected chi connectivity index (χ4v) is 13.7. The predicted octanol–water partition coefficient (Wildman–Crippen LogP) is 15.9. The third-order valence-corrected chi connectivity index (χ3v) is 23.5. The minimum atomic E-state index is 0.207. The Labute approximate surface area is 635 Å². The molecule has 4 amide bonds. The zero-order chi connectivity index (χ0) is 78.5. The van der Waals surface area contributed by atoms with Crippen molar-refractivity contribution >= 4 is 23.6 Å². The van der Waals surface area contributed by atoms with Crippen molar-refractivity contribution in [1.82, 2.24) is 49.0 Å². The highest BCUT2D eigenvalue weighted by Crippen LogP contribution is 2.28. The first-order valence-corrected chi connectivity index (χ1v) is 42.2. The van der Waals surface area contributed by atoms with Crippen LogP contribution in [0.15, 0.2) is 0 Å². The van der Waals surface area contributed by atoms with Gasteiger partial charge in [-0.05, 0) is 222 Å². The second-order valence-electron chi connectivity index (χ2n) is 34.7. The van der Waals surface area contributed by atoms with Gasteiger partial charge in [-0.2, -0.15) is 0 Å². The second kappa shape index (κ2) is 57.7. The molecule has 0 spiro atoms. The van der Waals surface area contributed by atoms with Crippen LogP contribution < -0.4 is 0 Å².